The molecule has 0 aliphatic carbocycles. The van der Waals surface area contributed by atoms with Crippen molar-refractivity contribution < 1.29 is 0 Å². The largest absolute Gasteiger partial charge is 0.399 e. The molecule has 2 N–H and O–H groups in total. The van der Waals surface area contributed by atoms with Crippen molar-refractivity contribution in [2.45, 2.75) is 6.54 Å². The average Bonchev–Trinajstić information content (AvgIpc) is 2.45. The van der Waals surface area contributed by atoms with E-state index in [0.717, 1.165) is 5.56 Å². The number of nitrogens with two attached hydrogens (primary N) is 1. The van der Waals surface area contributed by atoms with Crippen molar-refractivity contribution in [3.8, 4) is 0 Å². The van der Waals surface area contributed by atoms with E-state index in [0.29, 0.717) is 21.6 Å². The van der Waals surface area contributed by atoms with Crippen molar-refractivity contribution in [3.63, 3.8) is 0 Å². The van der Waals surface area contributed by atoms with Gasteiger partial charge in [0.25, 0.3) is 5.56 Å². The second-order valence-electron chi connectivity index (χ2n) is 4.42. The van der Waals surface area contributed by atoms with Crippen LogP contribution in [0.3, 0.4) is 0 Å². The number of hydrogen-bond donors (Lipinski definition) is 1. The smallest absolute Gasteiger partial charge is 0.277 e. The van der Waals surface area contributed by atoms with Crippen molar-refractivity contribution >= 4 is 28.2 Å². The fraction of sp³-hybridized carbons (Fsp3) is 0.0714. The molecule has 1 aromatic heterocycles. The fourth-order valence-electron chi connectivity index (χ4n) is 1.98. The van der Waals surface area contributed by atoms with Gasteiger partial charge in [-0.25, -0.2) is 4.68 Å². The monoisotopic (exact) mass is 286 g/mol. The van der Waals surface area contributed by atoms with Gasteiger partial charge in [0.2, 0.25) is 0 Å². The normalized spacial score (nSPS) is 10.8. The number of rotatable bonds is 2. The van der Waals surface area contributed by atoms with E-state index in [1.54, 1.807) is 36.4 Å². The summed E-state index contributed by atoms with van der Waals surface area (Å²) in [5.41, 5.74) is 7.38. The molecule has 5 nitrogen and oxygen atoms in total. The maximum Gasteiger partial charge on any atom is 0.277 e. The minimum atomic E-state index is -0.191. The number of hydrogen-bond acceptors (Lipinski definition) is 4. The Morgan fingerprint density at radius 2 is 2.00 bits per heavy atom. The van der Waals surface area contributed by atoms with Crippen molar-refractivity contribution in [2.24, 2.45) is 0 Å². The number of aromatic nitrogens is 3. The highest BCUT2D eigenvalue weighted by Gasteiger charge is 2.07. The maximum absolute atomic E-state index is 12.3. The number of anilines is 1. The summed E-state index contributed by atoms with van der Waals surface area (Å²) in [6, 6.07) is 12.3. The molecule has 0 bridgehead atoms. The highest BCUT2D eigenvalue weighted by Crippen LogP contribution is 2.19. The number of nitrogen functional groups attached to an aromatic ring is 1. The Morgan fingerprint density at radius 3 is 2.80 bits per heavy atom. The molecule has 0 radical (unpaired) electrons. The van der Waals surface area contributed by atoms with Crippen molar-refractivity contribution in [1.82, 2.24) is 15.0 Å². The number of benzene rings is 2. The topological polar surface area (TPSA) is 73.8 Å². The van der Waals surface area contributed by atoms with Crippen LogP contribution in [0.1, 0.15) is 5.56 Å². The van der Waals surface area contributed by atoms with Crippen LogP contribution >= 0.6 is 11.6 Å². The molecule has 0 saturated carbocycles. The Bertz CT molecular complexity index is 844. The molecule has 6 heteroatoms. The molecule has 0 unspecified atom stereocenters. The van der Waals surface area contributed by atoms with Gasteiger partial charge in [0, 0.05) is 10.7 Å². The van der Waals surface area contributed by atoms with Gasteiger partial charge in [-0.2, -0.15) is 0 Å². The predicted molar refractivity (Wildman–Crippen MR) is 78.8 cm³/mol. The summed E-state index contributed by atoms with van der Waals surface area (Å²) in [6.45, 7) is 0.260. The summed E-state index contributed by atoms with van der Waals surface area (Å²) in [7, 11) is 0. The van der Waals surface area contributed by atoms with Crippen LogP contribution in [0.4, 0.5) is 5.69 Å². The van der Waals surface area contributed by atoms with Crippen molar-refractivity contribution in [2.75, 3.05) is 5.73 Å². The summed E-state index contributed by atoms with van der Waals surface area (Å²) in [5, 5.41) is 9.00. The number of nitrogens with zero attached hydrogens (tertiary/aromatic N) is 3. The lowest BCUT2D eigenvalue weighted by Crippen LogP contribution is -2.24. The maximum atomic E-state index is 12.3. The second-order valence-corrected chi connectivity index (χ2v) is 4.83. The summed E-state index contributed by atoms with van der Waals surface area (Å²) in [4.78, 5) is 12.3. The molecule has 0 saturated heterocycles. The van der Waals surface area contributed by atoms with E-state index in [2.05, 4.69) is 10.3 Å². The summed E-state index contributed by atoms with van der Waals surface area (Å²) < 4.78 is 1.29. The van der Waals surface area contributed by atoms with Gasteiger partial charge >= 0.3 is 0 Å². The Kier molecular flexibility index (Phi) is 3.12. The van der Waals surface area contributed by atoms with Gasteiger partial charge in [0.05, 0.1) is 11.9 Å². The highest BCUT2D eigenvalue weighted by molar-refractivity contribution is 6.31. The standard InChI is InChI=1S/C14H11ClN4O/c15-12-7-10(16)6-5-9(12)8-19-14(20)11-3-1-2-4-13(11)17-18-19/h1-7H,8,16H2. The Hall–Kier alpha value is -2.40. The van der Waals surface area contributed by atoms with E-state index in [1.165, 1.54) is 4.68 Å². The molecule has 0 aliphatic rings. The molecule has 1 heterocycles. The highest BCUT2D eigenvalue weighted by atomic mass is 35.5. The lowest BCUT2D eigenvalue weighted by Gasteiger charge is -2.07. The third-order valence-corrected chi connectivity index (χ3v) is 3.38. The molecule has 0 atom stereocenters. The first-order chi connectivity index (χ1) is 9.65. The molecular weight excluding hydrogens is 276 g/mol. The van der Waals surface area contributed by atoms with E-state index in [9.17, 15) is 4.79 Å². The van der Waals surface area contributed by atoms with Gasteiger partial charge in [-0.15, -0.1) is 5.10 Å². The van der Waals surface area contributed by atoms with Gasteiger partial charge < -0.3 is 5.73 Å². The first-order valence-corrected chi connectivity index (χ1v) is 6.39. The molecule has 0 aliphatic heterocycles. The van der Waals surface area contributed by atoms with Crippen LogP contribution in [0.5, 0.6) is 0 Å². The van der Waals surface area contributed by atoms with Crippen molar-refractivity contribution in [1.29, 1.82) is 0 Å². The molecule has 2 aromatic carbocycles. The second kappa shape index (κ2) is 4.94. The van der Waals surface area contributed by atoms with Crippen LogP contribution in [0.25, 0.3) is 10.9 Å². The Balaban J connectivity index is 2.07. The molecule has 3 rings (SSSR count). The minimum absolute atomic E-state index is 0.191. The van der Waals surface area contributed by atoms with Crippen LogP contribution in [0, 0.1) is 0 Å². The summed E-state index contributed by atoms with van der Waals surface area (Å²) in [5.74, 6) is 0. The minimum Gasteiger partial charge on any atom is -0.399 e. The van der Waals surface area contributed by atoms with Crippen LogP contribution in [-0.2, 0) is 6.54 Å². The predicted octanol–water partition coefficient (Wildman–Crippen LogP) is 2.08. The first kappa shape index (κ1) is 12.6. The Labute approximate surface area is 119 Å². The number of fused-ring (bicyclic) bond motifs is 1. The lowest BCUT2D eigenvalue weighted by molar-refractivity contribution is 0.601. The summed E-state index contributed by atoms with van der Waals surface area (Å²) in [6.07, 6.45) is 0. The molecule has 20 heavy (non-hydrogen) atoms. The van der Waals surface area contributed by atoms with Gasteiger partial charge in [0.15, 0.2) is 0 Å². The first-order valence-electron chi connectivity index (χ1n) is 6.01. The molecule has 0 fully saturated rings. The average molecular weight is 287 g/mol. The van der Waals surface area contributed by atoms with Gasteiger partial charge in [-0.1, -0.05) is 35.0 Å². The van der Waals surface area contributed by atoms with Crippen LogP contribution < -0.4 is 11.3 Å². The zero-order valence-electron chi connectivity index (χ0n) is 10.5. The van der Waals surface area contributed by atoms with Crippen molar-refractivity contribution in [3.05, 3.63) is 63.4 Å². The third kappa shape index (κ3) is 2.23. The SMILES string of the molecule is Nc1ccc(Cn2nnc3ccccc3c2=O)c(Cl)c1. The quantitative estimate of drug-likeness (QED) is 0.732. The van der Waals surface area contributed by atoms with E-state index in [4.69, 9.17) is 17.3 Å². The van der Waals surface area contributed by atoms with E-state index >= 15 is 0 Å². The van der Waals surface area contributed by atoms with E-state index in [1.807, 2.05) is 6.07 Å². The number of halogens is 1. The molecule has 0 amide bonds. The molecule has 100 valence electrons. The molecule has 0 spiro atoms. The van der Waals surface area contributed by atoms with E-state index < -0.39 is 0 Å². The van der Waals surface area contributed by atoms with Crippen LogP contribution in [-0.4, -0.2) is 15.0 Å². The molecule has 3 aromatic rings. The van der Waals surface area contributed by atoms with Crippen LogP contribution in [0.15, 0.2) is 47.3 Å². The third-order valence-electron chi connectivity index (χ3n) is 3.03. The lowest BCUT2D eigenvalue weighted by atomic mass is 10.2. The van der Waals surface area contributed by atoms with Gasteiger partial charge in [0.1, 0.15) is 5.52 Å². The Morgan fingerprint density at radius 1 is 1.20 bits per heavy atom. The summed E-state index contributed by atoms with van der Waals surface area (Å²) >= 11 is 6.11. The van der Waals surface area contributed by atoms with Gasteiger partial charge in [-0.3, -0.25) is 4.79 Å². The zero-order valence-corrected chi connectivity index (χ0v) is 11.2. The fourth-order valence-corrected chi connectivity index (χ4v) is 2.23. The van der Waals surface area contributed by atoms with E-state index in [-0.39, 0.29) is 12.1 Å². The zero-order chi connectivity index (χ0) is 14.1. The molecular formula is C14H11ClN4O. The van der Waals surface area contributed by atoms with Gasteiger partial charge in [-0.05, 0) is 29.8 Å². The van der Waals surface area contributed by atoms with Crippen LogP contribution in [0.2, 0.25) is 5.02 Å².